The summed E-state index contributed by atoms with van der Waals surface area (Å²) in [7, 11) is 0. The molecule has 1 saturated carbocycles. The van der Waals surface area contributed by atoms with Crippen molar-refractivity contribution in [3.05, 3.63) is 45.7 Å². The third kappa shape index (κ3) is 3.99. The van der Waals surface area contributed by atoms with Crippen LogP contribution in [0.25, 0.3) is 5.76 Å². The van der Waals surface area contributed by atoms with Crippen molar-refractivity contribution in [1.82, 2.24) is 4.90 Å². The summed E-state index contributed by atoms with van der Waals surface area (Å²) in [5.74, 6) is -8.43. The van der Waals surface area contributed by atoms with E-state index in [1.807, 2.05) is 19.9 Å². The molecule has 5 atom stereocenters. The van der Waals surface area contributed by atoms with Crippen molar-refractivity contribution in [2.24, 2.45) is 17.6 Å². The average Bonchev–Trinajstić information content (AvgIpc) is 3.39. The van der Waals surface area contributed by atoms with Crippen LogP contribution >= 0.6 is 0 Å². The Morgan fingerprint density at radius 2 is 1.80 bits per heavy atom. The van der Waals surface area contributed by atoms with E-state index in [4.69, 9.17) is 5.73 Å². The second-order valence-electron chi connectivity index (χ2n) is 12.4. The fourth-order valence-electron chi connectivity index (χ4n) is 7.43. The van der Waals surface area contributed by atoms with E-state index in [-0.39, 0.29) is 16.9 Å². The van der Waals surface area contributed by atoms with Crippen LogP contribution in [0.5, 0.6) is 5.75 Å². The van der Waals surface area contributed by atoms with E-state index < -0.39 is 75.9 Å². The van der Waals surface area contributed by atoms with Gasteiger partial charge in [0.15, 0.2) is 11.4 Å². The summed E-state index contributed by atoms with van der Waals surface area (Å²) in [6, 6.07) is 3.58. The Morgan fingerprint density at radius 1 is 1.15 bits per heavy atom. The van der Waals surface area contributed by atoms with Gasteiger partial charge in [-0.05, 0) is 62.2 Å². The molecule has 5 unspecified atom stereocenters. The zero-order valence-corrected chi connectivity index (χ0v) is 23.1. The molecule has 1 heterocycles. The largest absolute Gasteiger partial charge is 0.508 e. The molecule has 1 aliphatic heterocycles. The first-order chi connectivity index (χ1) is 18.7. The van der Waals surface area contributed by atoms with Crippen molar-refractivity contribution in [3.8, 4) is 5.75 Å². The first-order valence-electron chi connectivity index (χ1n) is 14.0. The van der Waals surface area contributed by atoms with Crippen LogP contribution < -0.4 is 5.73 Å². The number of aliphatic hydroxyl groups is 4. The first kappa shape index (κ1) is 28.3. The van der Waals surface area contributed by atoms with E-state index >= 15 is 0 Å². The number of nitrogens with zero attached hydrogens (tertiary/aromatic N) is 1. The number of benzene rings is 1. The molecule has 2 fully saturated rings. The van der Waals surface area contributed by atoms with Gasteiger partial charge >= 0.3 is 0 Å². The molecule has 216 valence electrons. The molecule has 10 nitrogen and oxygen atoms in total. The van der Waals surface area contributed by atoms with Crippen LogP contribution in [0.15, 0.2) is 29.0 Å². The number of likely N-dealkylation sites (tertiary alicyclic amines) is 1. The molecule has 1 aromatic carbocycles. The van der Waals surface area contributed by atoms with E-state index in [0.29, 0.717) is 11.1 Å². The molecule has 5 rings (SSSR count). The molecule has 0 bridgehead atoms. The highest BCUT2D eigenvalue weighted by atomic mass is 16.4. The summed E-state index contributed by atoms with van der Waals surface area (Å²) in [4.78, 5) is 40.7. The van der Waals surface area contributed by atoms with E-state index in [9.17, 15) is 39.9 Å². The molecule has 4 aliphatic rings. The van der Waals surface area contributed by atoms with Crippen LogP contribution in [0.2, 0.25) is 0 Å². The standard InChI is InChI=1S/C30H38N2O8/c1-14-15-7-8-16(29(2,3)9-6-12-32-10-4-5-11-32)23(34)20(15)25(36)22-19(14)24(35)17-13-18(33)21(28(31)39)26(37)30(17,40)27(22)38/h7-8,14,17,19,24,34-37,40H,4-6,9-13H2,1-3H3,(H2,31,39). The average molecular weight is 555 g/mol. The van der Waals surface area contributed by atoms with Crippen LogP contribution in [0, 0.1) is 11.8 Å². The number of hydrogen-bond acceptors (Lipinski definition) is 9. The van der Waals surface area contributed by atoms with Gasteiger partial charge in [0.2, 0.25) is 5.78 Å². The monoisotopic (exact) mass is 554 g/mol. The maximum atomic E-state index is 13.8. The maximum Gasteiger partial charge on any atom is 0.255 e. The molecule has 10 heteroatoms. The van der Waals surface area contributed by atoms with Crippen molar-refractivity contribution < 1.29 is 39.9 Å². The van der Waals surface area contributed by atoms with E-state index in [0.717, 1.165) is 32.5 Å². The zero-order chi connectivity index (χ0) is 29.3. The molecular weight excluding hydrogens is 516 g/mol. The molecule has 0 aromatic heterocycles. The number of nitrogens with two attached hydrogens (primary N) is 1. The minimum atomic E-state index is -2.84. The van der Waals surface area contributed by atoms with Gasteiger partial charge in [0, 0.05) is 29.4 Å². The summed E-state index contributed by atoms with van der Waals surface area (Å²) < 4.78 is 0. The molecule has 7 N–H and O–H groups in total. The number of ketones is 2. The number of Topliss-reactive ketones (excluding diaryl/α,β-unsaturated/α-hetero) is 2. The summed E-state index contributed by atoms with van der Waals surface area (Å²) in [6.45, 7) is 8.89. The lowest BCUT2D eigenvalue weighted by atomic mass is 9.55. The second kappa shape index (κ2) is 9.71. The van der Waals surface area contributed by atoms with Crippen LogP contribution in [-0.2, 0) is 19.8 Å². The van der Waals surface area contributed by atoms with Gasteiger partial charge in [-0.2, -0.15) is 0 Å². The van der Waals surface area contributed by atoms with Gasteiger partial charge in [0.25, 0.3) is 5.91 Å². The Balaban J connectivity index is 1.58. The van der Waals surface area contributed by atoms with Crippen LogP contribution in [0.3, 0.4) is 0 Å². The first-order valence-corrected chi connectivity index (χ1v) is 14.0. The molecule has 40 heavy (non-hydrogen) atoms. The van der Waals surface area contributed by atoms with Gasteiger partial charge in [0.05, 0.1) is 11.7 Å². The number of carbonyl (C=O) groups is 3. The lowest BCUT2D eigenvalue weighted by molar-refractivity contribution is -0.160. The highest BCUT2D eigenvalue weighted by Crippen LogP contribution is 2.56. The topological polar surface area (TPSA) is 182 Å². The Morgan fingerprint density at radius 3 is 2.42 bits per heavy atom. The number of amides is 1. The van der Waals surface area contributed by atoms with Crippen molar-refractivity contribution in [2.45, 2.75) is 75.9 Å². The summed E-state index contributed by atoms with van der Waals surface area (Å²) in [5.41, 5.74) is 1.81. The zero-order valence-electron chi connectivity index (χ0n) is 23.1. The number of phenolic OH excluding ortho intramolecular Hbond substituents is 1. The lowest BCUT2D eigenvalue weighted by Gasteiger charge is -2.50. The summed E-state index contributed by atoms with van der Waals surface area (Å²) >= 11 is 0. The predicted molar refractivity (Wildman–Crippen MR) is 145 cm³/mol. The number of phenols is 1. The number of primary amides is 1. The third-order valence-corrected chi connectivity index (χ3v) is 9.70. The van der Waals surface area contributed by atoms with Gasteiger partial charge in [-0.25, -0.2) is 0 Å². The Bertz CT molecular complexity index is 1360. The molecule has 0 spiro atoms. The van der Waals surface area contributed by atoms with Gasteiger partial charge in [-0.1, -0.05) is 32.9 Å². The minimum Gasteiger partial charge on any atom is -0.508 e. The van der Waals surface area contributed by atoms with Gasteiger partial charge < -0.3 is 36.2 Å². The number of rotatable bonds is 6. The number of aromatic hydroxyl groups is 1. The van der Waals surface area contributed by atoms with Crippen molar-refractivity contribution in [1.29, 1.82) is 0 Å². The SMILES string of the molecule is CC1c2ccc(C(C)(C)CCCN3CCCC3)c(O)c2C(O)=C2C(=O)C3(O)C(O)=C(C(N)=O)C(=O)CC3C(O)C21. The molecule has 0 radical (unpaired) electrons. The van der Waals surface area contributed by atoms with E-state index in [1.54, 1.807) is 13.0 Å². The summed E-state index contributed by atoms with van der Waals surface area (Å²) in [6.07, 6.45) is 1.98. The number of aliphatic hydroxyl groups excluding tert-OH is 3. The number of fused-ring (bicyclic) bond motifs is 3. The van der Waals surface area contributed by atoms with Gasteiger partial charge in [-0.3, -0.25) is 14.4 Å². The van der Waals surface area contributed by atoms with Crippen LogP contribution in [-0.4, -0.2) is 79.2 Å². The van der Waals surface area contributed by atoms with Crippen molar-refractivity contribution >= 4 is 23.2 Å². The van der Waals surface area contributed by atoms with Gasteiger partial charge in [-0.15, -0.1) is 0 Å². The maximum absolute atomic E-state index is 13.8. The third-order valence-electron chi connectivity index (χ3n) is 9.70. The molecule has 1 aromatic rings. The quantitative estimate of drug-likeness (QED) is 0.287. The molecule has 1 amide bonds. The Kier molecular flexibility index (Phi) is 6.88. The smallest absolute Gasteiger partial charge is 0.255 e. The predicted octanol–water partition coefficient (Wildman–Crippen LogP) is 2.11. The van der Waals surface area contributed by atoms with Gasteiger partial charge in [0.1, 0.15) is 22.8 Å². The molecule has 3 aliphatic carbocycles. The minimum absolute atomic E-state index is 0.0388. The fourth-order valence-corrected chi connectivity index (χ4v) is 7.43. The Hall–Kier alpha value is -3.21. The highest BCUT2D eigenvalue weighted by Gasteiger charge is 2.65. The van der Waals surface area contributed by atoms with Crippen LogP contribution in [0.4, 0.5) is 0 Å². The van der Waals surface area contributed by atoms with E-state index in [1.165, 1.54) is 12.8 Å². The van der Waals surface area contributed by atoms with Crippen LogP contribution in [0.1, 0.15) is 75.5 Å². The molecular formula is C30H38N2O8. The Labute approximate surface area is 232 Å². The second-order valence-corrected chi connectivity index (χ2v) is 12.4. The van der Waals surface area contributed by atoms with Crippen molar-refractivity contribution in [2.75, 3.05) is 19.6 Å². The highest BCUT2D eigenvalue weighted by molar-refractivity contribution is 6.23. The van der Waals surface area contributed by atoms with Crippen molar-refractivity contribution in [3.63, 3.8) is 0 Å². The number of carbonyl (C=O) groups excluding carboxylic acids is 3. The van der Waals surface area contributed by atoms with E-state index in [2.05, 4.69) is 4.90 Å². The normalized spacial score (nSPS) is 30.8. The summed E-state index contributed by atoms with van der Waals surface area (Å²) in [5, 5.41) is 56.6. The lowest BCUT2D eigenvalue weighted by Crippen LogP contribution is -2.63. The molecule has 1 saturated heterocycles. The fraction of sp³-hybridized carbons (Fsp3) is 0.567. The number of hydrogen-bond donors (Lipinski definition) is 6.